The molecule has 8 heavy (non-hydrogen) atoms. The predicted octanol–water partition coefficient (Wildman–Crippen LogP) is -0.119. The van der Waals surface area contributed by atoms with E-state index in [4.69, 9.17) is 0 Å². The summed E-state index contributed by atoms with van der Waals surface area (Å²) in [5, 5.41) is 9.93. The Labute approximate surface area is 46.4 Å². The molecule has 0 aliphatic carbocycles. The maximum Gasteiger partial charge on any atom is 0.458 e. The van der Waals surface area contributed by atoms with E-state index >= 15 is 0 Å². The first-order valence-electron chi connectivity index (χ1n) is 2.28. The van der Waals surface area contributed by atoms with Crippen LogP contribution in [0.15, 0.2) is 4.99 Å². The molecule has 0 saturated carbocycles. The Kier molecular flexibility index (Phi) is 1.15. The average Bonchev–Trinajstić information content (AvgIpc) is 2.12. The Morgan fingerprint density at radius 3 is 2.75 bits per heavy atom. The van der Waals surface area contributed by atoms with Crippen LogP contribution < -0.4 is 0 Å². The largest absolute Gasteiger partial charge is 0.458 e. The first kappa shape index (κ1) is 5.08. The summed E-state index contributed by atoms with van der Waals surface area (Å²) in [4.78, 5) is 14.6. The lowest BCUT2D eigenvalue weighted by Gasteiger charge is -2.00. The van der Waals surface area contributed by atoms with Gasteiger partial charge in [-0.05, 0) is 0 Å². The molecular formula is C4H5N2O2. The lowest BCUT2D eigenvalue weighted by atomic mass is 10.6. The molecule has 4 heteroatoms. The zero-order chi connectivity index (χ0) is 5.98. The van der Waals surface area contributed by atoms with Crippen LogP contribution >= 0.6 is 0 Å². The second-order valence-electron chi connectivity index (χ2n) is 1.48. The van der Waals surface area contributed by atoms with Crippen molar-refractivity contribution in [2.24, 2.45) is 4.99 Å². The molecule has 1 amide bonds. The fourth-order valence-electron chi connectivity index (χ4n) is 0.518. The van der Waals surface area contributed by atoms with E-state index in [0.717, 1.165) is 4.90 Å². The van der Waals surface area contributed by atoms with Gasteiger partial charge in [0.15, 0.2) is 0 Å². The van der Waals surface area contributed by atoms with Crippen LogP contribution in [0.25, 0.3) is 0 Å². The molecule has 0 bridgehead atoms. The number of carbonyl (C=O) groups is 1. The zero-order valence-electron chi connectivity index (χ0n) is 4.20. The summed E-state index contributed by atoms with van der Waals surface area (Å²) in [5.41, 5.74) is 0. The summed E-state index contributed by atoms with van der Waals surface area (Å²) in [6.45, 7) is 1.01. The summed E-state index contributed by atoms with van der Waals surface area (Å²) < 4.78 is 0. The van der Waals surface area contributed by atoms with Crippen LogP contribution in [-0.4, -0.2) is 30.4 Å². The summed E-state index contributed by atoms with van der Waals surface area (Å²) in [5.74, 6) is 0. The minimum atomic E-state index is -1.17. The van der Waals surface area contributed by atoms with Crippen molar-refractivity contribution in [2.45, 2.75) is 0 Å². The molecule has 0 fully saturated rings. The molecule has 1 rings (SSSR count). The van der Waals surface area contributed by atoms with Gasteiger partial charge in [0.2, 0.25) is 0 Å². The van der Waals surface area contributed by atoms with E-state index in [1.165, 1.54) is 6.34 Å². The van der Waals surface area contributed by atoms with Crippen LogP contribution in [0.2, 0.25) is 0 Å². The highest BCUT2D eigenvalue weighted by Crippen LogP contribution is 1.91. The van der Waals surface area contributed by atoms with Gasteiger partial charge in [-0.25, -0.2) is 9.90 Å². The van der Waals surface area contributed by atoms with Crippen LogP contribution in [0.4, 0.5) is 4.79 Å². The lowest BCUT2D eigenvalue weighted by Crippen LogP contribution is -2.24. The molecule has 0 N–H and O–H groups in total. The maximum atomic E-state index is 9.93. The minimum Gasteiger partial charge on any atom is -0.273 e. The van der Waals surface area contributed by atoms with Crippen LogP contribution in [0.5, 0.6) is 0 Å². The van der Waals surface area contributed by atoms with Crippen molar-refractivity contribution in [1.29, 1.82) is 0 Å². The minimum absolute atomic E-state index is 0.447. The van der Waals surface area contributed by atoms with E-state index < -0.39 is 6.09 Å². The predicted molar refractivity (Wildman–Crippen MR) is 26.1 cm³/mol. The van der Waals surface area contributed by atoms with E-state index in [1.807, 2.05) is 0 Å². The average molecular weight is 113 g/mol. The highest BCUT2D eigenvalue weighted by molar-refractivity contribution is 5.81. The molecule has 0 aromatic heterocycles. The highest BCUT2D eigenvalue weighted by atomic mass is 16.4. The van der Waals surface area contributed by atoms with Crippen molar-refractivity contribution in [3.63, 3.8) is 0 Å². The van der Waals surface area contributed by atoms with Gasteiger partial charge in [0.25, 0.3) is 0 Å². The second kappa shape index (κ2) is 1.81. The standard InChI is InChI=1S/C4H5N2O2/c7-4(8)6-2-1-5-3-6/h3H,1-2H2. The SMILES string of the molecule is [O]C(=O)N1C=NCC1. The Bertz CT molecular complexity index is 132. The monoisotopic (exact) mass is 113 g/mol. The van der Waals surface area contributed by atoms with Gasteiger partial charge in [0.05, 0.1) is 12.9 Å². The van der Waals surface area contributed by atoms with Gasteiger partial charge in [-0.15, -0.1) is 0 Å². The molecule has 4 nitrogen and oxygen atoms in total. The summed E-state index contributed by atoms with van der Waals surface area (Å²) in [6, 6.07) is 0. The smallest absolute Gasteiger partial charge is 0.273 e. The van der Waals surface area contributed by atoms with E-state index in [-0.39, 0.29) is 0 Å². The summed E-state index contributed by atoms with van der Waals surface area (Å²) in [7, 11) is 0. The van der Waals surface area contributed by atoms with E-state index in [2.05, 4.69) is 4.99 Å². The summed E-state index contributed by atoms with van der Waals surface area (Å²) >= 11 is 0. The Balaban J connectivity index is 2.48. The van der Waals surface area contributed by atoms with Crippen molar-refractivity contribution in [1.82, 2.24) is 4.90 Å². The van der Waals surface area contributed by atoms with Crippen molar-refractivity contribution < 1.29 is 9.90 Å². The first-order chi connectivity index (χ1) is 3.80. The quantitative estimate of drug-likeness (QED) is 0.432. The van der Waals surface area contributed by atoms with Gasteiger partial charge in [-0.3, -0.25) is 9.89 Å². The van der Waals surface area contributed by atoms with Crippen LogP contribution in [0.3, 0.4) is 0 Å². The third kappa shape index (κ3) is 0.776. The number of nitrogens with zero attached hydrogens (tertiary/aromatic N) is 2. The van der Waals surface area contributed by atoms with E-state index in [0.29, 0.717) is 13.1 Å². The number of hydrogen-bond acceptors (Lipinski definition) is 2. The summed E-state index contributed by atoms with van der Waals surface area (Å²) in [6.07, 6.45) is 0.0984. The highest BCUT2D eigenvalue weighted by Gasteiger charge is 2.13. The first-order valence-corrected chi connectivity index (χ1v) is 2.28. The second-order valence-corrected chi connectivity index (χ2v) is 1.48. The molecular weight excluding hydrogens is 108 g/mol. The fraction of sp³-hybridized carbons (Fsp3) is 0.500. The van der Waals surface area contributed by atoms with Gasteiger partial charge in [-0.1, -0.05) is 0 Å². The molecule has 0 unspecified atom stereocenters. The van der Waals surface area contributed by atoms with E-state index in [9.17, 15) is 9.90 Å². The van der Waals surface area contributed by atoms with Gasteiger partial charge >= 0.3 is 6.09 Å². The number of hydrogen-bond donors (Lipinski definition) is 0. The lowest BCUT2D eigenvalue weighted by molar-refractivity contribution is 0.146. The Morgan fingerprint density at radius 2 is 2.50 bits per heavy atom. The molecule has 1 heterocycles. The topological polar surface area (TPSA) is 52.6 Å². The van der Waals surface area contributed by atoms with Crippen LogP contribution in [0.1, 0.15) is 0 Å². The molecule has 1 aliphatic rings. The molecule has 0 aromatic rings. The van der Waals surface area contributed by atoms with Gasteiger partial charge in [0.1, 0.15) is 0 Å². The molecule has 0 spiro atoms. The van der Waals surface area contributed by atoms with E-state index in [1.54, 1.807) is 0 Å². The third-order valence-electron chi connectivity index (χ3n) is 0.926. The third-order valence-corrected chi connectivity index (χ3v) is 0.926. The molecule has 1 radical (unpaired) electrons. The van der Waals surface area contributed by atoms with Crippen LogP contribution in [-0.2, 0) is 5.11 Å². The normalized spacial score (nSPS) is 17.2. The van der Waals surface area contributed by atoms with Gasteiger partial charge < -0.3 is 0 Å². The number of aliphatic imine (C=N–C) groups is 1. The van der Waals surface area contributed by atoms with Crippen LogP contribution in [0, 0.1) is 0 Å². The molecule has 0 aromatic carbocycles. The van der Waals surface area contributed by atoms with Crippen molar-refractivity contribution in [2.75, 3.05) is 13.1 Å². The Morgan fingerprint density at radius 1 is 1.75 bits per heavy atom. The fourth-order valence-corrected chi connectivity index (χ4v) is 0.518. The molecule has 0 saturated heterocycles. The number of carbonyl (C=O) groups excluding carboxylic acids is 1. The molecule has 0 atom stereocenters. The van der Waals surface area contributed by atoms with Crippen molar-refractivity contribution >= 4 is 12.4 Å². The van der Waals surface area contributed by atoms with Crippen molar-refractivity contribution in [3.8, 4) is 0 Å². The number of rotatable bonds is 0. The molecule has 1 aliphatic heterocycles. The Hall–Kier alpha value is -1.06. The van der Waals surface area contributed by atoms with Gasteiger partial charge in [0, 0.05) is 6.54 Å². The number of amides is 1. The van der Waals surface area contributed by atoms with Crippen molar-refractivity contribution in [3.05, 3.63) is 0 Å². The zero-order valence-corrected chi connectivity index (χ0v) is 4.20. The maximum absolute atomic E-state index is 9.93. The molecule has 43 valence electrons. The van der Waals surface area contributed by atoms with Gasteiger partial charge in [-0.2, -0.15) is 0 Å².